The fourth-order valence-electron chi connectivity index (χ4n) is 0.531. The lowest BCUT2D eigenvalue weighted by atomic mass is 9.69. The zero-order valence-corrected chi connectivity index (χ0v) is 10.5. The number of hydrogen-bond acceptors (Lipinski definition) is 0. The van der Waals surface area contributed by atoms with Crippen LogP contribution in [0.4, 0.5) is 0 Å². The third kappa shape index (κ3) is 4.36. The highest BCUT2D eigenvalue weighted by atomic mass is 14.3. The molecule has 0 aromatic carbocycles. The molecule has 0 aromatic rings. The van der Waals surface area contributed by atoms with Gasteiger partial charge in [-0.1, -0.05) is 32.6 Å². The molecule has 13 heavy (non-hydrogen) atoms. The monoisotopic (exact) mass is 180 g/mol. The van der Waals surface area contributed by atoms with Crippen LogP contribution in [0.25, 0.3) is 0 Å². The van der Waals surface area contributed by atoms with Crippen LogP contribution < -0.4 is 0 Å². The van der Waals surface area contributed by atoms with Crippen molar-refractivity contribution in [3.63, 3.8) is 0 Å². The molecule has 0 atom stereocenters. The first kappa shape index (κ1) is 12.6. The summed E-state index contributed by atoms with van der Waals surface area (Å²) in [7, 11) is 0. The molecule has 76 valence electrons. The maximum atomic E-state index is 3.39. The van der Waals surface area contributed by atoms with Gasteiger partial charge >= 0.3 is 0 Å². The van der Waals surface area contributed by atoms with E-state index in [2.05, 4.69) is 67.2 Å². The average molecular weight is 180 g/mol. The van der Waals surface area contributed by atoms with E-state index in [4.69, 9.17) is 0 Å². The molecule has 0 amide bonds. The normalized spacial score (nSPS) is 13.5. The maximum absolute atomic E-state index is 3.39. The third-order valence-corrected chi connectivity index (χ3v) is 2.62. The molecule has 0 spiro atoms. The van der Waals surface area contributed by atoms with Crippen LogP contribution in [0.5, 0.6) is 0 Å². The minimum Gasteiger partial charge on any atom is -0.0968 e. The minimum absolute atomic E-state index is 0.0836. The zero-order valence-electron chi connectivity index (χ0n) is 10.5. The first-order chi connectivity index (χ1) is 5.46. The van der Waals surface area contributed by atoms with Gasteiger partial charge in [-0.25, -0.2) is 0 Å². The molecule has 0 nitrogen and oxygen atoms in total. The number of rotatable bonds is 0. The molecule has 0 heteroatoms. The van der Waals surface area contributed by atoms with Gasteiger partial charge in [0, 0.05) is 10.8 Å². The van der Waals surface area contributed by atoms with Crippen molar-refractivity contribution in [2.75, 3.05) is 0 Å². The van der Waals surface area contributed by atoms with Crippen molar-refractivity contribution in [3.05, 3.63) is 0 Å². The van der Waals surface area contributed by atoms with Crippen LogP contribution in [-0.2, 0) is 0 Å². The van der Waals surface area contributed by atoms with Crippen LogP contribution >= 0.6 is 0 Å². The lowest BCUT2D eigenvalue weighted by Gasteiger charge is -2.34. The Morgan fingerprint density at radius 1 is 0.615 bits per heavy atom. The summed E-state index contributed by atoms with van der Waals surface area (Å²) in [6, 6.07) is 0. The fraction of sp³-hybridized carbons (Fsp3) is 0.846. The second kappa shape index (κ2) is 3.37. The lowest BCUT2D eigenvalue weighted by molar-refractivity contribution is 0.204. The Labute approximate surface area is 84.1 Å². The van der Waals surface area contributed by atoms with E-state index in [9.17, 15) is 0 Å². The van der Waals surface area contributed by atoms with Crippen LogP contribution in [0.15, 0.2) is 0 Å². The first-order valence-electron chi connectivity index (χ1n) is 5.00. The number of hydrogen-bond donors (Lipinski definition) is 0. The van der Waals surface area contributed by atoms with Gasteiger partial charge in [-0.3, -0.25) is 0 Å². The summed E-state index contributed by atoms with van der Waals surface area (Å²) in [5.74, 6) is 6.71. The Kier molecular flexibility index (Phi) is 3.26. The van der Waals surface area contributed by atoms with Crippen molar-refractivity contribution in [1.82, 2.24) is 0 Å². The highest BCUT2D eigenvalue weighted by Crippen LogP contribution is 2.37. The first-order valence-corrected chi connectivity index (χ1v) is 5.00. The second-order valence-electron chi connectivity index (χ2n) is 6.38. The van der Waals surface area contributed by atoms with Crippen molar-refractivity contribution in [3.8, 4) is 11.8 Å². The third-order valence-electron chi connectivity index (χ3n) is 2.62. The van der Waals surface area contributed by atoms with Gasteiger partial charge in [-0.15, -0.1) is 0 Å². The molecule has 0 aromatic heterocycles. The summed E-state index contributed by atoms with van der Waals surface area (Å²) < 4.78 is 0. The quantitative estimate of drug-likeness (QED) is 0.492. The molecule has 0 fully saturated rings. The maximum Gasteiger partial charge on any atom is 0.0306 e. The Hall–Kier alpha value is -0.440. The Morgan fingerprint density at radius 3 is 1.23 bits per heavy atom. The Bertz CT molecular complexity index is 219. The lowest BCUT2D eigenvalue weighted by Crippen LogP contribution is -2.28. The SMILES string of the molecule is CC(C)(C)C#CC(C)(C)C(C)(C)C. The van der Waals surface area contributed by atoms with Crippen LogP contribution in [0.2, 0.25) is 0 Å². The van der Waals surface area contributed by atoms with Gasteiger partial charge in [0.05, 0.1) is 0 Å². The molecule has 0 bridgehead atoms. The molecule has 0 saturated carbocycles. The van der Waals surface area contributed by atoms with E-state index >= 15 is 0 Å². The largest absolute Gasteiger partial charge is 0.0968 e. The minimum atomic E-state index is 0.0836. The standard InChI is InChI=1S/C13H24/c1-11(2,3)9-10-13(7,8)12(4,5)6/h1-8H3. The molecule has 0 aliphatic heterocycles. The van der Waals surface area contributed by atoms with Crippen molar-refractivity contribution in [2.45, 2.75) is 55.4 Å². The smallest absolute Gasteiger partial charge is 0.0306 e. The Balaban J connectivity index is 4.77. The van der Waals surface area contributed by atoms with Gasteiger partial charge in [-0.2, -0.15) is 0 Å². The summed E-state index contributed by atoms with van der Waals surface area (Å²) in [5.41, 5.74) is 0.439. The molecule has 0 aliphatic rings. The van der Waals surface area contributed by atoms with Gasteiger partial charge in [0.15, 0.2) is 0 Å². The topological polar surface area (TPSA) is 0 Å². The summed E-state index contributed by atoms with van der Waals surface area (Å²) >= 11 is 0. The fourth-order valence-corrected chi connectivity index (χ4v) is 0.531. The van der Waals surface area contributed by atoms with E-state index in [-0.39, 0.29) is 16.2 Å². The average Bonchev–Trinajstić information content (AvgIpc) is 1.79. The summed E-state index contributed by atoms with van der Waals surface area (Å²) in [5, 5.41) is 0. The summed E-state index contributed by atoms with van der Waals surface area (Å²) in [4.78, 5) is 0. The molecular formula is C13H24. The van der Waals surface area contributed by atoms with Crippen LogP contribution in [0, 0.1) is 28.1 Å². The van der Waals surface area contributed by atoms with E-state index in [1.165, 1.54) is 0 Å². The van der Waals surface area contributed by atoms with Crippen LogP contribution in [0.1, 0.15) is 55.4 Å². The molecule has 0 N–H and O–H groups in total. The molecule has 0 heterocycles. The summed E-state index contributed by atoms with van der Waals surface area (Å²) in [6.45, 7) is 17.6. The molecule has 0 rings (SSSR count). The van der Waals surface area contributed by atoms with E-state index in [1.807, 2.05) is 0 Å². The predicted octanol–water partition coefficient (Wildman–Crippen LogP) is 4.11. The molecule has 0 unspecified atom stereocenters. The van der Waals surface area contributed by atoms with Crippen LogP contribution in [-0.4, -0.2) is 0 Å². The Morgan fingerprint density at radius 2 is 1.00 bits per heavy atom. The van der Waals surface area contributed by atoms with Gasteiger partial charge < -0.3 is 0 Å². The predicted molar refractivity (Wildman–Crippen MR) is 60.5 cm³/mol. The van der Waals surface area contributed by atoms with E-state index in [0.717, 1.165) is 0 Å². The van der Waals surface area contributed by atoms with E-state index in [0.29, 0.717) is 0 Å². The van der Waals surface area contributed by atoms with Crippen molar-refractivity contribution >= 4 is 0 Å². The van der Waals surface area contributed by atoms with Crippen LogP contribution in [0.3, 0.4) is 0 Å². The van der Waals surface area contributed by atoms with Gasteiger partial charge in [0.1, 0.15) is 0 Å². The van der Waals surface area contributed by atoms with Crippen molar-refractivity contribution < 1.29 is 0 Å². The molecule has 0 aliphatic carbocycles. The molecular weight excluding hydrogens is 156 g/mol. The highest BCUT2D eigenvalue weighted by Gasteiger charge is 2.30. The second-order valence-corrected chi connectivity index (χ2v) is 6.38. The van der Waals surface area contributed by atoms with Gasteiger partial charge in [0.25, 0.3) is 0 Å². The van der Waals surface area contributed by atoms with Gasteiger partial charge in [0.2, 0.25) is 0 Å². The van der Waals surface area contributed by atoms with E-state index in [1.54, 1.807) is 0 Å². The zero-order chi connectivity index (χ0) is 10.9. The molecule has 0 saturated heterocycles. The van der Waals surface area contributed by atoms with Crippen molar-refractivity contribution in [2.24, 2.45) is 16.2 Å². The van der Waals surface area contributed by atoms with E-state index < -0.39 is 0 Å². The molecule has 0 radical (unpaired) electrons. The summed E-state index contributed by atoms with van der Waals surface area (Å²) in [6.07, 6.45) is 0. The van der Waals surface area contributed by atoms with Gasteiger partial charge in [-0.05, 0) is 40.0 Å². The highest BCUT2D eigenvalue weighted by molar-refractivity contribution is 5.16. The van der Waals surface area contributed by atoms with Crippen molar-refractivity contribution in [1.29, 1.82) is 0 Å².